The maximum absolute atomic E-state index is 12.7. The van der Waals surface area contributed by atoms with Crippen molar-refractivity contribution in [3.05, 3.63) is 63.9 Å². The molecule has 2 rings (SSSR count). The highest BCUT2D eigenvalue weighted by Crippen LogP contribution is 2.25. The van der Waals surface area contributed by atoms with Gasteiger partial charge in [0.2, 0.25) is 5.91 Å². The summed E-state index contributed by atoms with van der Waals surface area (Å²) in [5.74, 6) is -0.617. The average molecular weight is 298 g/mol. The molecule has 0 aliphatic heterocycles. The minimum atomic E-state index is -0.354. The van der Waals surface area contributed by atoms with Crippen molar-refractivity contribution in [2.45, 2.75) is 6.42 Å². The van der Waals surface area contributed by atoms with Gasteiger partial charge >= 0.3 is 0 Å². The quantitative estimate of drug-likeness (QED) is 0.898. The fraction of sp³-hybridized carbons (Fsp3) is 0.0714. The lowest BCUT2D eigenvalue weighted by Crippen LogP contribution is -2.14. The Morgan fingerprint density at radius 3 is 2.21 bits per heavy atom. The number of amides is 1. The van der Waals surface area contributed by atoms with Crippen LogP contribution in [-0.2, 0) is 11.2 Å². The van der Waals surface area contributed by atoms with Gasteiger partial charge in [-0.2, -0.15) is 0 Å². The summed E-state index contributed by atoms with van der Waals surface area (Å²) in [5, 5.41) is 3.54. The van der Waals surface area contributed by atoms with Gasteiger partial charge in [0.1, 0.15) is 5.82 Å². The Morgan fingerprint density at radius 2 is 1.63 bits per heavy atom. The molecule has 0 spiro atoms. The van der Waals surface area contributed by atoms with E-state index in [1.165, 1.54) is 24.3 Å². The van der Waals surface area contributed by atoms with Gasteiger partial charge in [-0.1, -0.05) is 29.3 Å². The first-order valence-electron chi connectivity index (χ1n) is 5.54. The van der Waals surface area contributed by atoms with Crippen molar-refractivity contribution in [1.82, 2.24) is 0 Å². The molecule has 2 nitrogen and oxygen atoms in total. The fourth-order valence-electron chi connectivity index (χ4n) is 1.60. The van der Waals surface area contributed by atoms with E-state index >= 15 is 0 Å². The van der Waals surface area contributed by atoms with Crippen molar-refractivity contribution < 1.29 is 9.18 Å². The lowest BCUT2D eigenvalue weighted by molar-refractivity contribution is -0.115. The highest BCUT2D eigenvalue weighted by molar-refractivity contribution is 6.36. The maximum atomic E-state index is 12.7. The van der Waals surface area contributed by atoms with E-state index in [-0.39, 0.29) is 18.1 Å². The number of anilines is 1. The van der Waals surface area contributed by atoms with Crippen LogP contribution in [0, 0.1) is 5.82 Å². The van der Waals surface area contributed by atoms with E-state index < -0.39 is 0 Å². The molecule has 0 fully saturated rings. The van der Waals surface area contributed by atoms with Crippen molar-refractivity contribution in [2.75, 3.05) is 5.32 Å². The number of carbonyl (C=O) groups excluding carboxylic acids is 1. The second-order valence-electron chi connectivity index (χ2n) is 3.93. The Balaban J connectivity index is 2.07. The maximum Gasteiger partial charge on any atom is 0.228 e. The highest BCUT2D eigenvalue weighted by Gasteiger charge is 2.10. The molecule has 0 atom stereocenters. The van der Waals surface area contributed by atoms with E-state index in [0.717, 1.165) is 0 Å². The Morgan fingerprint density at radius 1 is 1.05 bits per heavy atom. The molecular weight excluding hydrogens is 288 g/mol. The van der Waals surface area contributed by atoms with Gasteiger partial charge in [0.05, 0.1) is 6.42 Å². The van der Waals surface area contributed by atoms with Crippen LogP contribution < -0.4 is 5.32 Å². The van der Waals surface area contributed by atoms with Gasteiger partial charge in [-0.05, 0) is 42.0 Å². The molecule has 0 aliphatic rings. The molecule has 2 aromatic carbocycles. The molecule has 0 saturated carbocycles. The third kappa shape index (κ3) is 3.69. The Kier molecular flexibility index (Phi) is 4.40. The van der Waals surface area contributed by atoms with Crippen LogP contribution in [0.2, 0.25) is 10.0 Å². The van der Waals surface area contributed by atoms with E-state index in [9.17, 15) is 9.18 Å². The Bertz CT molecular complexity index is 579. The van der Waals surface area contributed by atoms with Crippen LogP contribution in [0.5, 0.6) is 0 Å². The zero-order valence-electron chi connectivity index (χ0n) is 9.79. The number of hydrogen-bond donors (Lipinski definition) is 1. The second kappa shape index (κ2) is 6.04. The largest absolute Gasteiger partial charge is 0.326 e. The summed E-state index contributed by atoms with van der Waals surface area (Å²) < 4.78 is 12.7. The normalized spacial score (nSPS) is 10.3. The summed E-state index contributed by atoms with van der Waals surface area (Å²) in [4.78, 5) is 11.8. The predicted octanol–water partition coefficient (Wildman–Crippen LogP) is 4.31. The molecule has 0 heterocycles. The summed E-state index contributed by atoms with van der Waals surface area (Å²) in [5.41, 5.74) is 1.10. The van der Waals surface area contributed by atoms with Crippen molar-refractivity contribution >= 4 is 34.8 Å². The summed E-state index contributed by atoms with van der Waals surface area (Å²) in [6.07, 6.45) is 0.0654. The third-order valence-corrected chi connectivity index (χ3v) is 3.24. The van der Waals surface area contributed by atoms with Crippen LogP contribution in [-0.4, -0.2) is 5.91 Å². The van der Waals surface area contributed by atoms with Gasteiger partial charge in [0.15, 0.2) is 0 Å². The van der Waals surface area contributed by atoms with Gasteiger partial charge in [-0.25, -0.2) is 4.39 Å². The molecule has 1 amide bonds. The zero-order valence-corrected chi connectivity index (χ0v) is 11.3. The zero-order chi connectivity index (χ0) is 13.8. The SMILES string of the molecule is O=C(Cc1c(Cl)cccc1Cl)Nc1ccc(F)cc1. The Hall–Kier alpha value is -1.58. The molecular formula is C14H10Cl2FNO. The summed E-state index contributed by atoms with van der Waals surface area (Å²) in [6.45, 7) is 0. The lowest BCUT2D eigenvalue weighted by Gasteiger charge is -2.08. The fourth-order valence-corrected chi connectivity index (χ4v) is 2.13. The number of halogens is 3. The van der Waals surface area contributed by atoms with Crippen LogP contribution in [0.1, 0.15) is 5.56 Å². The first kappa shape index (κ1) is 13.8. The summed E-state index contributed by atoms with van der Waals surface area (Å²) in [7, 11) is 0. The van der Waals surface area contributed by atoms with Gasteiger partial charge < -0.3 is 5.32 Å². The van der Waals surface area contributed by atoms with Crippen molar-refractivity contribution in [2.24, 2.45) is 0 Å². The number of rotatable bonds is 3. The van der Waals surface area contributed by atoms with Crippen LogP contribution in [0.15, 0.2) is 42.5 Å². The molecule has 1 N–H and O–H groups in total. The molecule has 0 saturated heterocycles. The van der Waals surface area contributed by atoms with Crippen molar-refractivity contribution in [3.8, 4) is 0 Å². The van der Waals surface area contributed by atoms with Crippen molar-refractivity contribution in [3.63, 3.8) is 0 Å². The molecule has 0 bridgehead atoms. The smallest absolute Gasteiger partial charge is 0.228 e. The van der Waals surface area contributed by atoms with Gasteiger partial charge in [0.25, 0.3) is 0 Å². The molecule has 0 radical (unpaired) electrons. The topological polar surface area (TPSA) is 29.1 Å². The van der Waals surface area contributed by atoms with E-state index in [1.54, 1.807) is 18.2 Å². The van der Waals surface area contributed by atoms with E-state index in [0.29, 0.717) is 21.3 Å². The standard InChI is InChI=1S/C14H10Cl2FNO/c15-12-2-1-3-13(16)11(12)8-14(19)18-10-6-4-9(17)5-7-10/h1-7H,8H2,(H,18,19). The highest BCUT2D eigenvalue weighted by atomic mass is 35.5. The second-order valence-corrected chi connectivity index (χ2v) is 4.75. The molecule has 2 aromatic rings. The van der Waals surface area contributed by atoms with Gasteiger partial charge in [-0.15, -0.1) is 0 Å². The lowest BCUT2D eigenvalue weighted by atomic mass is 10.1. The first-order chi connectivity index (χ1) is 9.06. The summed E-state index contributed by atoms with van der Waals surface area (Å²) in [6, 6.07) is 10.6. The number of nitrogens with one attached hydrogen (secondary N) is 1. The molecule has 5 heteroatoms. The number of benzene rings is 2. The van der Waals surface area contributed by atoms with E-state index in [4.69, 9.17) is 23.2 Å². The molecule has 0 unspecified atom stereocenters. The molecule has 98 valence electrons. The predicted molar refractivity (Wildman–Crippen MR) is 75.2 cm³/mol. The minimum absolute atomic E-state index is 0.0654. The van der Waals surface area contributed by atoms with Crippen LogP contribution in [0.4, 0.5) is 10.1 Å². The van der Waals surface area contributed by atoms with Gasteiger partial charge in [-0.3, -0.25) is 4.79 Å². The first-order valence-corrected chi connectivity index (χ1v) is 6.30. The average Bonchev–Trinajstić information content (AvgIpc) is 2.37. The van der Waals surface area contributed by atoms with Crippen LogP contribution in [0.3, 0.4) is 0 Å². The van der Waals surface area contributed by atoms with E-state index in [2.05, 4.69) is 5.32 Å². The summed E-state index contributed by atoms with van der Waals surface area (Å²) >= 11 is 12.0. The minimum Gasteiger partial charge on any atom is -0.326 e. The molecule has 19 heavy (non-hydrogen) atoms. The van der Waals surface area contributed by atoms with Crippen molar-refractivity contribution in [1.29, 1.82) is 0 Å². The van der Waals surface area contributed by atoms with E-state index in [1.807, 2.05) is 0 Å². The van der Waals surface area contributed by atoms with Crippen LogP contribution in [0.25, 0.3) is 0 Å². The number of carbonyl (C=O) groups is 1. The Labute approximate surface area is 120 Å². The molecule has 0 aliphatic carbocycles. The molecule has 0 aromatic heterocycles. The monoisotopic (exact) mass is 297 g/mol. The third-order valence-electron chi connectivity index (χ3n) is 2.53. The number of hydrogen-bond acceptors (Lipinski definition) is 1. The van der Waals surface area contributed by atoms with Crippen LogP contribution >= 0.6 is 23.2 Å². The van der Waals surface area contributed by atoms with Gasteiger partial charge in [0, 0.05) is 15.7 Å².